The summed E-state index contributed by atoms with van der Waals surface area (Å²) in [5.74, 6) is 0.368. The van der Waals surface area contributed by atoms with Gasteiger partial charge in [-0.05, 0) is 54.3 Å². The zero-order valence-electron chi connectivity index (χ0n) is 16.5. The van der Waals surface area contributed by atoms with Gasteiger partial charge in [0.1, 0.15) is 5.78 Å². The van der Waals surface area contributed by atoms with Crippen molar-refractivity contribution in [2.75, 3.05) is 42.9 Å². The molecule has 2 aromatic rings. The number of carbonyl (C=O) groups excluding carboxylic acids is 2. The number of nitrogens with zero attached hydrogens (tertiary/aromatic N) is 2. The fourth-order valence-corrected chi connectivity index (χ4v) is 4.15. The Labute approximate surface area is 176 Å². The molecule has 1 amide bonds. The molecule has 1 fully saturated rings. The van der Waals surface area contributed by atoms with E-state index in [-0.39, 0.29) is 11.7 Å². The van der Waals surface area contributed by atoms with Crippen LogP contribution in [0.2, 0.25) is 5.02 Å². The molecule has 0 aromatic heterocycles. The molecule has 6 heteroatoms. The first-order valence-corrected chi connectivity index (χ1v) is 10.6. The van der Waals surface area contributed by atoms with E-state index in [1.807, 2.05) is 36.4 Å². The topological polar surface area (TPSA) is 52.7 Å². The molecular weight excluding hydrogens is 386 g/mol. The molecule has 0 bridgehead atoms. The van der Waals surface area contributed by atoms with Crippen molar-refractivity contribution >= 4 is 34.7 Å². The van der Waals surface area contributed by atoms with Crippen molar-refractivity contribution in [3.8, 4) is 0 Å². The molecule has 0 spiro atoms. The molecule has 29 heavy (non-hydrogen) atoms. The average Bonchev–Trinajstić information content (AvgIpc) is 2.73. The molecule has 2 heterocycles. The van der Waals surface area contributed by atoms with E-state index in [0.717, 1.165) is 49.7 Å². The lowest BCUT2D eigenvalue weighted by molar-refractivity contribution is -0.120. The Bertz CT molecular complexity index is 889. The van der Waals surface area contributed by atoms with Gasteiger partial charge in [-0.15, -0.1) is 0 Å². The molecule has 0 aliphatic carbocycles. The van der Waals surface area contributed by atoms with Crippen LogP contribution in [0.5, 0.6) is 0 Å². The summed E-state index contributed by atoms with van der Waals surface area (Å²) in [5, 5.41) is 3.65. The van der Waals surface area contributed by atoms with Crippen LogP contribution < -0.4 is 10.2 Å². The fourth-order valence-electron chi connectivity index (χ4n) is 4.02. The monoisotopic (exact) mass is 411 g/mol. The van der Waals surface area contributed by atoms with Crippen molar-refractivity contribution in [3.63, 3.8) is 0 Å². The summed E-state index contributed by atoms with van der Waals surface area (Å²) in [4.78, 5) is 28.5. The van der Waals surface area contributed by atoms with Crippen LogP contribution in [0.4, 0.5) is 11.4 Å². The van der Waals surface area contributed by atoms with Crippen molar-refractivity contribution in [1.82, 2.24) is 4.90 Å². The van der Waals surface area contributed by atoms with E-state index in [4.69, 9.17) is 11.6 Å². The number of nitrogens with one attached hydrogen (secondary N) is 1. The first kappa shape index (κ1) is 19.9. The predicted octanol–water partition coefficient (Wildman–Crippen LogP) is 3.55. The van der Waals surface area contributed by atoms with Crippen LogP contribution in [0.1, 0.15) is 24.0 Å². The molecule has 0 unspecified atom stereocenters. The quantitative estimate of drug-likeness (QED) is 0.789. The molecular formula is C23H26ClN3O2. The molecule has 0 saturated carbocycles. The number of halogens is 1. The van der Waals surface area contributed by atoms with E-state index in [9.17, 15) is 9.59 Å². The predicted molar refractivity (Wildman–Crippen MR) is 117 cm³/mol. The van der Waals surface area contributed by atoms with Crippen molar-refractivity contribution in [3.05, 3.63) is 58.6 Å². The number of benzene rings is 2. The molecule has 4 rings (SSSR count). The summed E-state index contributed by atoms with van der Waals surface area (Å²) in [6.45, 7) is 4.16. The van der Waals surface area contributed by atoms with Crippen LogP contribution in [0.3, 0.4) is 0 Å². The Morgan fingerprint density at radius 1 is 1.00 bits per heavy atom. The standard InChI is InChI=1S/C23H26ClN3O2/c24-19-4-6-20(7-5-19)27-13-11-26(12-14-27)16-21(28)8-1-17-2-9-22-18(15-17)3-10-23(29)25-22/h2,4-7,9,15H,1,3,8,10-14,16H2,(H,25,29). The Kier molecular flexibility index (Phi) is 6.16. The smallest absolute Gasteiger partial charge is 0.224 e. The number of piperazine rings is 1. The summed E-state index contributed by atoms with van der Waals surface area (Å²) in [6.07, 6.45) is 2.63. The Hall–Kier alpha value is -2.37. The highest BCUT2D eigenvalue weighted by atomic mass is 35.5. The van der Waals surface area contributed by atoms with Gasteiger partial charge in [-0.3, -0.25) is 14.5 Å². The molecule has 1 saturated heterocycles. The maximum absolute atomic E-state index is 12.5. The number of carbonyl (C=O) groups is 2. The van der Waals surface area contributed by atoms with Gasteiger partial charge in [0.2, 0.25) is 5.91 Å². The van der Waals surface area contributed by atoms with Crippen LogP contribution in [0.25, 0.3) is 0 Å². The molecule has 2 aliphatic heterocycles. The summed E-state index contributed by atoms with van der Waals surface area (Å²) < 4.78 is 0. The lowest BCUT2D eigenvalue weighted by atomic mass is 9.98. The maximum Gasteiger partial charge on any atom is 0.224 e. The van der Waals surface area contributed by atoms with E-state index < -0.39 is 0 Å². The average molecular weight is 412 g/mol. The number of ketones is 1. The molecule has 152 valence electrons. The fraction of sp³-hybridized carbons (Fsp3) is 0.391. The van der Waals surface area contributed by atoms with Gasteiger partial charge < -0.3 is 10.2 Å². The van der Waals surface area contributed by atoms with Crippen LogP contribution >= 0.6 is 11.6 Å². The highest BCUT2D eigenvalue weighted by Crippen LogP contribution is 2.24. The minimum Gasteiger partial charge on any atom is -0.369 e. The number of hydrogen-bond donors (Lipinski definition) is 1. The zero-order chi connectivity index (χ0) is 20.2. The Morgan fingerprint density at radius 2 is 1.76 bits per heavy atom. The van der Waals surface area contributed by atoms with Gasteiger partial charge in [0.15, 0.2) is 0 Å². The Balaban J connectivity index is 1.22. The van der Waals surface area contributed by atoms with Gasteiger partial charge in [0.05, 0.1) is 6.54 Å². The largest absolute Gasteiger partial charge is 0.369 e. The second-order valence-electron chi connectivity index (χ2n) is 7.82. The third kappa shape index (κ3) is 5.17. The molecule has 5 nitrogen and oxygen atoms in total. The summed E-state index contributed by atoms with van der Waals surface area (Å²) >= 11 is 5.96. The molecule has 1 N–H and O–H groups in total. The second-order valence-corrected chi connectivity index (χ2v) is 8.25. The van der Waals surface area contributed by atoms with E-state index in [1.54, 1.807) is 0 Å². The second kappa shape index (κ2) is 8.97. The normalized spacial score (nSPS) is 17.0. The van der Waals surface area contributed by atoms with Crippen molar-refractivity contribution in [2.45, 2.75) is 25.7 Å². The third-order valence-electron chi connectivity index (χ3n) is 5.72. The minimum atomic E-state index is 0.0802. The molecule has 0 radical (unpaired) electrons. The van der Waals surface area contributed by atoms with Gasteiger partial charge in [0, 0.05) is 55.4 Å². The maximum atomic E-state index is 12.5. The number of amides is 1. The number of aryl methyl sites for hydroxylation is 2. The van der Waals surface area contributed by atoms with E-state index in [1.165, 1.54) is 16.8 Å². The number of anilines is 2. The highest BCUT2D eigenvalue weighted by Gasteiger charge is 2.19. The van der Waals surface area contributed by atoms with Gasteiger partial charge in [-0.1, -0.05) is 23.7 Å². The van der Waals surface area contributed by atoms with E-state index in [2.05, 4.69) is 21.2 Å². The van der Waals surface area contributed by atoms with Gasteiger partial charge in [-0.25, -0.2) is 0 Å². The van der Waals surface area contributed by atoms with Gasteiger partial charge in [0.25, 0.3) is 0 Å². The van der Waals surface area contributed by atoms with Gasteiger partial charge in [-0.2, -0.15) is 0 Å². The van der Waals surface area contributed by atoms with Crippen LogP contribution in [0, 0.1) is 0 Å². The molecule has 2 aliphatic rings. The SMILES string of the molecule is O=C(CCc1ccc2c(c1)CCC(=O)N2)CN1CCN(c2ccc(Cl)cc2)CC1. The van der Waals surface area contributed by atoms with Crippen LogP contribution in [-0.4, -0.2) is 49.3 Å². The summed E-state index contributed by atoms with van der Waals surface area (Å²) in [7, 11) is 0. The first-order valence-electron chi connectivity index (χ1n) is 10.2. The van der Waals surface area contributed by atoms with Crippen LogP contribution in [-0.2, 0) is 22.4 Å². The number of Topliss-reactive ketones (excluding diaryl/α,β-unsaturated/α-hetero) is 1. The highest BCUT2D eigenvalue weighted by molar-refractivity contribution is 6.30. The van der Waals surface area contributed by atoms with Crippen molar-refractivity contribution in [2.24, 2.45) is 0 Å². The Morgan fingerprint density at radius 3 is 2.52 bits per heavy atom. The summed E-state index contributed by atoms with van der Waals surface area (Å²) in [6, 6.07) is 14.0. The van der Waals surface area contributed by atoms with Crippen molar-refractivity contribution < 1.29 is 9.59 Å². The van der Waals surface area contributed by atoms with Gasteiger partial charge >= 0.3 is 0 Å². The van der Waals surface area contributed by atoms with E-state index >= 15 is 0 Å². The van der Waals surface area contributed by atoms with E-state index in [0.29, 0.717) is 19.4 Å². The molecule has 2 aromatic carbocycles. The lowest BCUT2D eigenvalue weighted by Crippen LogP contribution is -2.48. The number of hydrogen-bond acceptors (Lipinski definition) is 4. The number of fused-ring (bicyclic) bond motifs is 1. The molecule has 0 atom stereocenters. The summed E-state index contributed by atoms with van der Waals surface area (Å²) in [5.41, 5.74) is 4.44. The first-order chi connectivity index (χ1) is 14.1. The zero-order valence-corrected chi connectivity index (χ0v) is 17.3. The lowest BCUT2D eigenvalue weighted by Gasteiger charge is -2.35. The van der Waals surface area contributed by atoms with Crippen LogP contribution in [0.15, 0.2) is 42.5 Å². The third-order valence-corrected chi connectivity index (χ3v) is 5.97. The minimum absolute atomic E-state index is 0.0802. The number of rotatable bonds is 6. The van der Waals surface area contributed by atoms with Crippen molar-refractivity contribution in [1.29, 1.82) is 0 Å².